The highest BCUT2D eigenvalue weighted by Crippen LogP contribution is 2.38. The van der Waals surface area contributed by atoms with Crippen LogP contribution in [0.25, 0.3) is 0 Å². The van der Waals surface area contributed by atoms with Gasteiger partial charge >= 0.3 is 0 Å². The van der Waals surface area contributed by atoms with Crippen molar-refractivity contribution in [1.29, 1.82) is 0 Å². The molecule has 21 heavy (non-hydrogen) atoms. The average Bonchev–Trinajstić information content (AvgIpc) is 2.75. The van der Waals surface area contributed by atoms with Crippen molar-refractivity contribution in [1.82, 2.24) is 5.32 Å². The number of benzene rings is 1. The fourth-order valence-electron chi connectivity index (χ4n) is 2.98. The van der Waals surface area contributed by atoms with E-state index < -0.39 is 0 Å². The zero-order valence-electron chi connectivity index (χ0n) is 12.6. The van der Waals surface area contributed by atoms with Gasteiger partial charge in [0.15, 0.2) is 0 Å². The second-order valence-corrected chi connectivity index (χ2v) is 6.67. The summed E-state index contributed by atoms with van der Waals surface area (Å²) in [6.45, 7) is 5.24. The second kappa shape index (κ2) is 7.68. The largest absolute Gasteiger partial charge is 0.383 e. The van der Waals surface area contributed by atoms with Gasteiger partial charge in [-0.25, -0.2) is 4.39 Å². The molecule has 0 amide bonds. The Bertz CT molecular complexity index is 451. The van der Waals surface area contributed by atoms with Crippen LogP contribution in [0.4, 0.5) is 4.39 Å². The molecule has 3 nitrogen and oxygen atoms in total. The van der Waals surface area contributed by atoms with Crippen LogP contribution < -0.4 is 5.32 Å². The fraction of sp³-hybridized carbons (Fsp3) is 0.625. The summed E-state index contributed by atoms with van der Waals surface area (Å²) >= 11 is 3.36. The first-order valence-electron chi connectivity index (χ1n) is 7.32. The molecular formula is C16H23BrFNO2. The Morgan fingerprint density at radius 2 is 2.29 bits per heavy atom. The first-order valence-corrected chi connectivity index (χ1v) is 8.11. The van der Waals surface area contributed by atoms with Crippen LogP contribution in [0.3, 0.4) is 0 Å². The van der Waals surface area contributed by atoms with E-state index >= 15 is 0 Å². The topological polar surface area (TPSA) is 30.5 Å². The number of methoxy groups -OCH3 is 1. The molecule has 1 N–H and O–H groups in total. The van der Waals surface area contributed by atoms with Gasteiger partial charge in [-0.3, -0.25) is 0 Å². The Hall–Kier alpha value is -0.490. The van der Waals surface area contributed by atoms with E-state index in [0.29, 0.717) is 6.61 Å². The molecule has 1 saturated heterocycles. The molecule has 2 unspecified atom stereocenters. The second-order valence-electron chi connectivity index (χ2n) is 5.75. The van der Waals surface area contributed by atoms with E-state index in [1.54, 1.807) is 13.2 Å². The summed E-state index contributed by atoms with van der Waals surface area (Å²) in [5.74, 6) is -0.201. The van der Waals surface area contributed by atoms with Crippen molar-refractivity contribution in [2.24, 2.45) is 5.41 Å². The molecule has 1 aliphatic heterocycles. The summed E-state index contributed by atoms with van der Waals surface area (Å²) in [6.07, 6.45) is 1.96. The third-order valence-electron chi connectivity index (χ3n) is 4.27. The van der Waals surface area contributed by atoms with E-state index in [0.717, 1.165) is 42.6 Å². The summed E-state index contributed by atoms with van der Waals surface area (Å²) in [5.41, 5.74) is 1.02. The standard InChI is InChI=1S/C16H23BrFNO2/c1-12-16(3-5-21-12,11-19-4-6-20-2)10-13-7-14(17)9-15(18)8-13/h7-9,12,19H,3-6,10-11H2,1-2H3. The smallest absolute Gasteiger partial charge is 0.124 e. The monoisotopic (exact) mass is 359 g/mol. The number of halogens is 2. The molecule has 1 aromatic rings. The van der Waals surface area contributed by atoms with E-state index in [2.05, 4.69) is 28.2 Å². The SMILES string of the molecule is COCCNCC1(Cc2cc(F)cc(Br)c2)CCOC1C. The molecular weight excluding hydrogens is 337 g/mol. The predicted molar refractivity (Wildman–Crippen MR) is 85.0 cm³/mol. The van der Waals surface area contributed by atoms with E-state index in [1.807, 2.05) is 6.07 Å². The highest BCUT2D eigenvalue weighted by molar-refractivity contribution is 9.10. The molecule has 1 aliphatic rings. The van der Waals surface area contributed by atoms with Crippen molar-refractivity contribution < 1.29 is 13.9 Å². The predicted octanol–water partition coefficient (Wildman–Crippen LogP) is 3.16. The number of hydrogen-bond acceptors (Lipinski definition) is 3. The van der Waals surface area contributed by atoms with Crippen molar-refractivity contribution in [3.05, 3.63) is 34.1 Å². The summed E-state index contributed by atoms with van der Waals surface area (Å²) in [4.78, 5) is 0. The van der Waals surface area contributed by atoms with Crippen LogP contribution in [0.5, 0.6) is 0 Å². The Balaban J connectivity index is 2.08. The first kappa shape index (κ1) is 16.9. The van der Waals surface area contributed by atoms with E-state index in [9.17, 15) is 4.39 Å². The van der Waals surface area contributed by atoms with Crippen LogP contribution in [-0.2, 0) is 15.9 Å². The van der Waals surface area contributed by atoms with Crippen molar-refractivity contribution in [3.8, 4) is 0 Å². The zero-order valence-corrected chi connectivity index (χ0v) is 14.2. The Kier molecular flexibility index (Phi) is 6.17. The lowest BCUT2D eigenvalue weighted by Crippen LogP contribution is -2.42. The zero-order chi connectivity index (χ0) is 15.3. The lowest BCUT2D eigenvalue weighted by molar-refractivity contribution is 0.0619. The maximum absolute atomic E-state index is 13.6. The van der Waals surface area contributed by atoms with Gasteiger partial charge in [0.05, 0.1) is 12.7 Å². The number of hydrogen-bond donors (Lipinski definition) is 1. The van der Waals surface area contributed by atoms with Gasteiger partial charge in [0.25, 0.3) is 0 Å². The minimum atomic E-state index is -0.201. The normalized spacial score (nSPS) is 25.4. The Morgan fingerprint density at radius 1 is 1.48 bits per heavy atom. The maximum atomic E-state index is 13.6. The Labute approximate surface area is 134 Å². The first-order chi connectivity index (χ1) is 10.1. The van der Waals surface area contributed by atoms with E-state index in [1.165, 1.54) is 6.07 Å². The van der Waals surface area contributed by atoms with Crippen LogP contribution in [0, 0.1) is 11.2 Å². The molecule has 1 fully saturated rings. The van der Waals surface area contributed by atoms with Crippen molar-refractivity contribution in [2.75, 3.05) is 33.4 Å². The van der Waals surface area contributed by atoms with Crippen LogP contribution in [0.1, 0.15) is 18.9 Å². The molecule has 5 heteroatoms. The molecule has 1 heterocycles. The molecule has 0 spiro atoms. The highest BCUT2D eigenvalue weighted by atomic mass is 79.9. The van der Waals surface area contributed by atoms with Crippen LogP contribution in [0.2, 0.25) is 0 Å². The summed E-state index contributed by atoms with van der Waals surface area (Å²) in [7, 11) is 1.70. The molecule has 118 valence electrons. The van der Waals surface area contributed by atoms with Gasteiger partial charge in [0, 0.05) is 36.7 Å². The number of rotatable bonds is 7. The van der Waals surface area contributed by atoms with Crippen molar-refractivity contribution in [2.45, 2.75) is 25.9 Å². The van der Waals surface area contributed by atoms with Gasteiger partial charge in [-0.15, -0.1) is 0 Å². The fourth-order valence-corrected chi connectivity index (χ4v) is 3.49. The minimum Gasteiger partial charge on any atom is -0.383 e. The third-order valence-corrected chi connectivity index (χ3v) is 4.73. The van der Waals surface area contributed by atoms with Gasteiger partial charge < -0.3 is 14.8 Å². The van der Waals surface area contributed by atoms with Gasteiger partial charge in [-0.05, 0) is 43.5 Å². The van der Waals surface area contributed by atoms with Crippen LogP contribution >= 0.6 is 15.9 Å². The average molecular weight is 360 g/mol. The molecule has 0 bridgehead atoms. The van der Waals surface area contributed by atoms with Crippen molar-refractivity contribution in [3.63, 3.8) is 0 Å². The minimum absolute atomic E-state index is 0.0149. The molecule has 2 atom stereocenters. The summed E-state index contributed by atoms with van der Waals surface area (Å²) in [6, 6.07) is 5.10. The Morgan fingerprint density at radius 3 is 2.90 bits per heavy atom. The van der Waals surface area contributed by atoms with E-state index in [-0.39, 0.29) is 17.3 Å². The number of ether oxygens (including phenoxy) is 2. The maximum Gasteiger partial charge on any atom is 0.124 e. The van der Waals surface area contributed by atoms with Crippen molar-refractivity contribution >= 4 is 15.9 Å². The molecule has 2 rings (SSSR count). The third kappa shape index (κ3) is 4.49. The van der Waals surface area contributed by atoms with Crippen LogP contribution in [0.15, 0.2) is 22.7 Å². The highest BCUT2D eigenvalue weighted by Gasteiger charge is 2.41. The molecule has 0 aliphatic carbocycles. The summed E-state index contributed by atoms with van der Waals surface area (Å²) in [5, 5.41) is 3.44. The molecule has 0 radical (unpaired) electrons. The molecule has 0 saturated carbocycles. The molecule has 1 aromatic carbocycles. The lowest BCUT2D eigenvalue weighted by atomic mass is 9.76. The van der Waals surface area contributed by atoms with Gasteiger partial charge in [0.1, 0.15) is 5.82 Å². The summed E-state index contributed by atoms with van der Waals surface area (Å²) < 4.78 is 25.2. The van der Waals surface area contributed by atoms with Gasteiger partial charge in [-0.1, -0.05) is 15.9 Å². The quantitative estimate of drug-likeness (QED) is 0.758. The van der Waals surface area contributed by atoms with E-state index in [4.69, 9.17) is 9.47 Å². The van der Waals surface area contributed by atoms with Crippen LogP contribution in [-0.4, -0.2) is 39.5 Å². The van der Waals surface area contributed by atoms with Gasteiger partial charge in [0.2, 0.25) is 0 Å². The molecule has 0 aromatic heterocycles. The van der Waals surface area contributed by atoms with Gasteiger partial charge in [-0.2, -0.15) is 0 Å². The number of nitrogens with one attached hydrogen (secondary N) is 1. The lowest BCUT2D eigenvalue weighted by Gasteiger charge is -2.33.